The van der Waals surface area contributed by atoms with E-state index >= 15 is 0 Å². The summed E-state index contributed by atoms with van der Waals surface area (Å²) in [4.78, 5) is 11.6. The number of hydrogen-bond acceptors (Lipinski definition) is 3. The van der Waals surface area contributed by atoms with Crippen LogP contribution in [0.1, 0.15) is 53.9 Å². The third-order valence-corrected chi connectivity index (χ3v) is 2.35. The van der Waals surface area contributed by atoms with Crippen LogP contribution in [-0.4, -0.2) is 24.8 Å². The van der Waals surface area contributed by atoms with Crippen molar-refractivity contribution in [3.05, 3.63) is 0 Å². The molecule has 3 nitrogen and oxygen atoms in total. The molecule has 0 radical (unpaired) electrons. The van der Waals surface area contributed by atoms with Crippen LogP contribution in [0.5, 0.6) is 0 Å². The van der Waals surface area contributed by atoms with Crippen LogP contribution in [0.4, 0.5) is 0 Å². The molecule has 0 rings (SSSR count). The molecule has 3 heteroatoms. The van der Waals surface area contributed by atoms with Crippen LogP contribution in [0.2, 0.25) is 0 Å². The van der Waals surface area contributed by atoms with E-state index in [9.17, 15) is 4.79 Å². The van der Waals surface area contributed by atoms with Crippen LogP contribution in [0.25, 0.3) is 0 Å². The van der Waals surface area contributed by atoms with E-state index < -0.39 is 0 Å². The Balaban J connectivity index is 4.00. The van der Waals surface area contributed by atoms with E-state index in [2.05, 4.69) is 6.92 Å². The Bertz CT molecular complexity index is 199. The van der Waals surface area contributed by atoms with Crippen molar-refractivity contribution in [1.29, 1.82) is 0 Å². The predicted octanol–water partition coefficient (Wildman–Crippen LogP) is 3.17. The molecule has 0 bridgehead atoms. The van der Waals surface area contributed by atoms with Crippen molar-refractivity contribution in [2.24, 2.45) is 5.92 Å². The second-order valence-corrected chi connectivity index (χ2v) is 4.88. The minimum Gasteiger partial charge on any atom is -0.465 e. The van der Waals surface area contributed by atoms with Crippen molar-refractivity contribution in [3.63, 3.8) is 0 Å². The second kappa shape index (κ2) is 7.66. The molecule has 0 aliphatic heterocycles. The molecule has 0 fully saturated rings. The first-order chi connectivity index (χ1) is 7.43. The molecule has 0 saturated carbocycles. The lowest BCUT2D eigenvalue weighted by atomic mass is 9.94. The van der Waals surface area contributed by atoms with Gasteiger partial charge in [0.15, 0.2) is 0 Å². The fraction of sp³-hybridized carbons (Fsp3) is 0.923. The molecule has 0 heterocycles. The Kier molecular flexibility index (Phi) is 7.39. The quantitative estimate of drug-likeness (QED) is 0.601. The van der Waals surface area contributed by atoms with E-state index in [1.807, 2.05) is 27.7 Å². The van der Waals surface area contributed by atoms with E-state index in [-0.39, 0.29) is 17.5 Å². The zero-order valence-corrected chi connectivity index (χ0v) is 11.3. The monoisotopic (exact) mass is 230 g/mol. The number of esters is 1. The van der Waals surface area contributed by atoms with Crippen molar-refractivity contribution in [3.8, 4) is 0 Å². The van der Waals surface area contributed by atoms with Gasteiger partial charge in [0.1, 0.15) is 0 Å². The van der Waals surface area contributed by atoms with Crippen LogP contribution >= 0.6 is 0 Å². The maximum Gasteiger partial charge on any atom is 0.308 e. The molecule has 0 aliphatic rings. The van der Waals surface area contributed by atoms with Gasteiger partial charge in [0.05, 0.1) is 18.1 Å². The van der Waals surface area contributed by atoms with Gasteiger partial charge in [0, 0.05) is 6.61 Å². The van der Waals surface area contributed by atoms with Gasteiger partial charge in [0.25, 0.3) is 0 Å². The molecule has 96 valence electrons. The maximum atomic E-state index is 11.6. The summed E-state index contributed by atoms with van der Waals surface area (Å²) in [6, 6.07) is 0. The highest BCUT2D eigenvalue weighted by atomic mass is 16.5. The van der Waals surface area contributed by atoms with E-state index in [0.717, 1.165) is 19.4 Å². The molecule has 0 amide bonds. The summed E-state index contributed by atoms with van der Waals surface area (Å²) in [5.74, 6) is -0.214. The predicted molar refractivity (Wildman–Crippen MR) is 65.4 cm³/mol. The maximum absolute atomic E-state index is 11.6. The largest absolute Gasteiger partial charge is 0.465 e. The van der Waals surface area contributed by atoms with Gasteiger partial charge in [-0.1, -0.05) is 20.8 Å². The minimum atomic E-state index is -0.249. The van der Waals surface area contributed by atoms with Crippen molar-refractivity contribution < 1.29 is 14.3 Å². The first-order valence-corrected chi connectivity index (χ1v) is 6.23. The van der Waals surface area contributed by atoms with Gasteiger partial charge in [0.2, 0.25) is 0 Å². The minimum absolute atomic E-state index is 0.0987. The third-order valence-electron chi connectivity index (χ3n) is 2.35. The normalized spacial score (nSPS) is 13.6. The lowest BCUT2D eigenvalue weighted by molar-refractivity contribution is -0.150. The van der Waals surface area contributed by atoms with E-state index in [4.69, 9.17) is 9.47 Å². The van der Waals surface area contributed by atoms with E-state index in [1.54, 1.807) is 0 Å². The lowest BCUT2D eigenvalue weighted by Crippen LogP contribution is -2.31. The molecule has 0 aromatic heterocycles. The molecule has 0 N–H and O–H groups in total. The summed E-state index contributed by atoms with van der Waals surface area (Å²) in [6.45, 7) is 11.3. The molecule has 1 atom stereocenters. The zero-order valence-electron chi connectivity index (χ0n) is 11.3. The SMILES string of the molecule is CCCOC(=O)C(C)CC(C)(C)OCCC. The average molecular weight is 230 g/mol. The Morgan fingerprint density at radius 2 is 1.75 bits per heavy atom. The number of hydrogen-bond donors (Lipinski definition) is 0. The second-order valence-electron chi connectivity index (χ2n) is 4.88. The first kappa shape index (κ1) is 15.4. The summed E-state index contributed by atoms with van der Waals surface area (Å²) >= 11 is 0. The van der Waals surface area contributed by atoms with Gasteiger partial charge in [-0.2, -0.15) is 0 Å². The fourth-order valence-corrected chi connectivity index (χ4v) is 1.60. The summed E-state index contributed by atoms with van der Waals surface area (Å²) in [7, 11) is 0. The van der Waals surface area contributed by atoms with Crippen LogP contribution in [0.15, 0.2) is 0 Å². The summed E-state index contributed by atoms with van der Waals surface area (Å²) in [5, 5.41) is 0. The van der Waals surface area contributed by atoms with Crippen molar-refractivity contribution in [1.82, 2.24) is 0 Å². The lowest BCUT2D eigenvalue weighted by Gasteiger charge is -2.27. The third kappa shape index (κ3) is 6.83. The van der Waals surface area contributed by atoms with Crippen molar-refractivity contribution in [2.75, 3.05) is 13.2 Å². The number of ether oxygens (including phenoxy) is 2. The Labute approximate surface area is 99.5 Å². The molecule has 0 aromatic carbocycles. The Morgan fingerprint density at radius 3 is 2.25 bits per heavy atom. The molecule has 0 aliphatic carbocycles. The highest BCUT2D eigenvalue weighted by Crippen LogP contribution is 2.21. The standard InChI is InChI=1S/C13H26O3/c1-6-8-15-12(14)11(3)10-13(4,5)16-9-7-2/h11H,6-10H2,1-5H3. The van der Waals surface area contributed by atoms with E-state index in [0.29, 0.717) is 13.0 Å². The molecular formula is C13H26O3. The van der Waals surface area contributed by atoms with Gasteiger partial charge in [-0.15, -0.1) is 0 Å². The highest BCUT2D eigenvalue weighted by molar-refractivity contribution is 5.72. The number of carbonyl (C=O) groups is 1. The zero-order chi connectivity index (χ0) is 12.6. The molecule has 0 aromatic rings. The molecule has 1 unspecified atom stereocenters. The topological polar surface area (TPSA) is 35.5 Å². The Hall–Kier alpha value is -0.570. The highest BCUT2D eigenvalue weighted by Gasteiger charge is 2.26. The van der Waals surface area contributed by atoms with Gasteiger partial charge in [-0.25, -0.2) is 0 Å². The van der Waals surface area contributed by atoms with Crippen molar-refractivity contribution in [2.45, 2.75) is 59.5 Å². The van der Waals surface area contributed by atoms with Gasteiger partial charge in [-0.3, -0.25) is 4.79 Å². The number of rotatable bonds is 8. The van der Waals surface area contributed by atoms with Crippen molar-refractivity contribution >= 4 is 5.97 Å². The summed E-state index contributed by atoms with van der Waals surface area (Å²) in [6.07, 6.45) is 2.57. The summed E-state index contributed by atoms with van der Waals surface area (Å²) in [5.41, 5.74) is -0.249. The molecule has 0 saturated heterocycles. The van der Waals surface area contributed by atoms with Gasteiger partial charge in [-0.05, 0) is 33.1 Å². The number of carbonyl (C=O) groups excluding carboxylic acids is 1. The van der Waals surface area contributed by atoms with Gasteiger partial charge < -0.3 is 9.47 Å². The average Bonchev–Trinajstić information content (AvgIpc) is 2.22. The summed E-state index contributed by atoms with van der Waals surface area (Å²) < 4.78 is 10.8. The Morgan fingerprint density at radius 1 is 1.19 bits per heavy atom. The van der Waals surface area contributed by atoms with Crippen LogP contribution in [0.3, 0.4) is 0 Å². The first-order valence-electron chi connectivity index (χ1n) is 6.23. The molecule has 16 heavy (non-hydrogen) atoms. The molecular weight excluding hydrogens is 204 g/mol. The molecule has 0 spiro atoms. The smallest absolute Gasteiger partial charge is 0.308 e. The van der Waals surface area contributed by atoms with Crippen LogP contribution < -0.4 is 0 Å². The van der Waals surface area contributed by atoms with Crippen LogP contribution in [0, 0.1) is 5.92 Å². The van der Waals surface area contributed by atoms with Crippen LogP contribution in [-0.2, 0) is 14.3 Å². The van der Waals surface area contributed by atoms with E-state index in [1.165, 1.54) is 0 Å². The fourth-order valence-electron chi connectivity index (χ4n) is 1.60. The van der Waals surface area contributed by atoms with Gasteiger partial charge >= 0.3 is 5.97 Å².